The Morgan fingerprint density at radius 2 is 1.84 bits per heavy atom. The van der Waals surface area contributed by atoms with Gasteiger partial charge in [-0.2, -0.15) is 0 Å². The lowest BCUT2D eigenvalue weighted by Gasteiger charge is -2.25. The van der Waals surface area contributed by atoms with Gasteiger partial charge in [-0.25, -0.2) is 4.39 Å². The van der Waals surface area contributed by atoms with Crippen LogP contribution in [-0.2, 0) is 19.3 Å². The minimum atomic E-state index is -0.107. The summed E-state index contributed by atoms with van der Waals surface area (Å²) < 4.78 is 13.2. The maximum absolute atomic E-state index is 13.2. The van der Waals surface area contributed by atoms with Gasteiger partial charge in [0.1, 0.15) is 5.82 Å². The zero-order valence-electron chi connectivity index (χ0n) is 11.3. The van der Waals surface area contributed by atoms with Crippen molar-refractivity contribution >= 4 is 0 Å². The number of halogens is 1. The van der Waals surface area contributed by atoms with Crippen molar-refractivity contribution in [2.24, 2.45) is 0 Å². The molecule has 0 nitrogen and oxygen atoms in total. The standard InChI is InChI=1S/C18H19F/c1-2-13-3-5-14(6-4-13)15-7-8-17-12-18(19)10-9-16(17)11-15/h3-6,9-10,12,15H,2,7-8,11H2,1H3. The number of fused-ring (bicyclic) bond motifs is 1. The molecule has 0 saturated carbocycles. The van der Waals surface area contributed by atoms with Crippen molar-refractivity contribution < 1.29 is 4.39 Å². The van der Waals surface area contributed by atoms with Crippen LogP contribution in [0.4, 0.5) is 4.39 Å². The zero-order valence-corrected chi connectivity index (χ0v) is 11.3. The van der Waals surface area contributed by atoms with Gasteiger partial charge < -0.3 is 0 Å². The number of hydrogen-bond donors (Lipinski definition) is 0. The Hall–Kier alpha value is -1.63. The van der Waals surface area contributed by atoms with E-state index in [0.29, 0.717) is 5.92 Å². The van der Waals surface area contributed by atoms with E-state index in [-0.39, 0.29) is 5.82 Å². The molecule has 1 atom stereocenters. The molecular formula is C18H19F. The highest BCUT2D eigenvalue weighted by Gasteiger charge is 2.20. The van der Waals surface area contributed by atoms with Crippen molar-refractivity contribution in [3.63, 3.8) is 0 Å². The molecule has 1 aliphatic rings. The Labute approximate surface area is 114 Å². The summed E-state index contributed by atoms with van der Waals surface area (Å²) in [5.74, 6) is 0.480. The van der Waals surface area contributed by atoms with E-state index in [4.69, 9.17) is 0 Å². The van der Waals surface area contributed by atoms with Gasteiger partial charge in [-0.05, 0) is 66.0 Å². The first-order valence-corrected chi connectivity index (χ1v) is 7.12. The van der Waals surface area contributed by atoms with Crippen LogP contribution in [-0.4, -0.2) is 0 Å². The van der Waals surface area contributed by atoms with Crippen molar-refractivity contribution in [2.75, 3.05) is 0 Å². The maximum Gasteiger partial charge on any atom is 0.123 e. The van der Waals surface area contributed by atoms with Gasteiger partial charge >= 0.3 is 0 Å². The van der Waals surface area contributed by atoms with Gasteiger partial charge in [0.25, 0.3) is 0 Å². The predicted octanol–water partition coefficient (Wildman–Crippen LogP) is 4.66. The SMILES string of the molecule is CCc1ccc(C2CCc3cc(F)ccc3C2)cc1. The van der Waals surface area contributed by atoms with Crippen LogP contribution in [0.25, 0.3) is 0 Å². The summed E-state index contributed by atoms with van der Waals surface area (Å²) in [5, 5.41) is 0. The fourth-order valence-corrected chi connectivity index (χ4v) is 3.03. The minimum absolute atomic E-state index is 0.107. The van der Waals surface area contributed by atoms with Crippen molar-refractivity contribution in [1.29, 1.82) is 0 Å². The Morgan fingerprint density at radius 3 is 2.58 bits per heavy atom. The second kappa shape index (κ2) is 5.16. The summed E-state index contributed by atoms with van der Waals surface area (Å²) in [6.45, 7) is 2.18. The molecule has 0 radical (unpaired) electrons. The molecule has 0 spiro atoms. The third-order valence-electron chi connectivity index (χ3n) is 4.26. The number of rotatable bonds is 2. The van der Waals surface area contributed by atoms with Crippen LogP contribution in [0.3, 0.4) is 0 Å². The molecule has 0 N–H and O–H groups in total. The highest BCUT2D eigenvalue weighted by Crippen LogP contribution is 2.33. The van der Waals surface area contributed by atoms with Gasteiger partial charge in [0.2, 0.25) is 0 Å². The highest BCUT2D eigenvalue weighted by molar-refractivity contribution is 5.35. The average Bonchev–Trinajstić information content (AvgIpc) is 2.47. The van der Waals surface area contributed by atoms with Gasteiger partial charge in [-0.15, -0.1) is 0 Å². The molecule has 3 rings (SSSR count). The highest BCUT2D eigenvalue weighted by atomic mass is 19.1. The van der Waals surface area contributed by atoms with Gasteiger partial charge in [-0.1, -0.05) is 37.3 Å². The molecule has 19 heavy (non-hydrogen) atoms. The second-order valence-electron chi connectivity index (χ2n) is 5.45. The first kappa shape index (κ1) is 12.4. The number of aryl methyl sites for hydroxylation is 2. The van der Waals surface area contributed by atoms with Crippen LogP contribution in [0.5, 0.6) is 0 Å². The van der Waals surface area contributed by atoms with Crippen molar-refractivity contribution in [3.05, 3.63) is 70.5 Å². The van der Waals surface area contributed by atoms with Crippen LogP contribution < -0.4 is 0 Å². The van der Waals surface area contributed by atoms with E-state index >= 15 is 0 Å². The van der Waals surface area contributed by atoms with Gasteiger partial charge in [0, 0.05) is 0 Å². The summed E-state index contributed by atoms with van der Waals surface area (Å²) in [6.07, 6.45) is 4.25. The smallest absolute Gasteiger partial charge is 0.123 e. The average molecular weight is 254 g/mol. The summed E-state index contributed by atoms with van der Waals surface area (Å²) in [6, 6.07) is 14.2. The molecule has 2 aromatic carbocycles. The van der Waals surface area contributed by atoms with E-state index in [1.54, 1.807) is 12.1 Å². The number of hydrogen-bond acceptors (Lipinski definition) is 0. The molecule has 1 aliphatic carbocycles. The minimum Gasteiger partial charge on any atom is -0.207 e. The summed E-state index contributed by atoms with van der Waals surface area (Å²) >= 11 is 0. The fourth-order valence-electron chi connectivity index (χ4n) is 3.03. The van der Waals surface area contributed by atoms with Crippen LogP contribution in [0.1, 0.15) is 41.5 Å². The molecule has 1 unspecified atom stereocenters. The lowest BCUT2D eigenvalue weighted by Crippen LogP contribution is -2.13. The normalized spacial score (nSPS) is 18.1. The molecule has 1 heteroatoms. The quantitative estimate of drug-likeness (QED) is 0.731. The van der Waals surface area contributed by atoms with Crippen LogP contribution >= 0.6 is 0 Å². The van der Waals surface area contributed by atoms with Crippen molar-refractivity contribution in [3.8, 4) is 0 Å². The predicted molar refractivity (Wildman–Crippen MR) is 77.0 cm³/mol. The fraction of sp³-hybridized carbons (Fsp3) is 0.333. The Kier molecular flexibility index (Phi) is 3.37. The van der Waals surface area contributed by atoms with Gasteiger partial charge in [0.15, 0.2) is 0 Å². The first-order chi connectivity index (χ1) is 9.26. The summed E-state index contributed by atoms with van der Waals surface area (Å²) in [4.78, 5) is 0. The molecule has 0 amide bonds. The van der Waals surface area contributed by atoms with Crippen molar-refractivity contribution in [2.45, 2.75) is 38.5 Å². The summed E-state index contributed by atoms with van der Waals surface area (Å²) in [5.41, 5.74) is 5.33. The van der Waals surface area contributed by atoms with Crippen LogP contribution in [0.15, 0.2) is 42.5 Å². The van der Waals surface area contributed by atoms with Gasteiger partial charge in [0.05, 0.1) is 0 Å². The monoisotopic (exact) mass is 254 g/mol. The van der Waals surface area contributed by atoms with E-state index in [0.717, 1.165) is 25.7 Å². The van der Waals surface area contributed by atoms with E-state index in [9.17, 15) is 4.39 Å². The zero-order chi connectivity index (χ0) is 13.2. The largest absolute Gasteiger partial charge is 0.207 e. The lowest BCUT2D eigenvalue weighted by atomic mass is 9.80. The molecule has 0 bridgehead atoms. The Balaban J connectivity index is 1.82. The van der Waals surface area contributed by atoms with Crippen LogP contribution in [0, 0.1) is 5.82 Å². The second-order valence-corrected chi connectivity index (χ2v) is 5.45. The number of benzene rings is 2. The molecule has 2 aromatic rings. The van der Waals surface area contributed by atoms with E-state index in [1.807, 2.05) is 6.07 Å². The van der Waals surface area contributed by atoms with E-state index in [1.165, 1.54) is 22.3 Å². The van der Waals surface area contributed by atoms with E-state index < -0.39 is 0 Å². The molecular weight excluding hydrogens is 235 g/mol. The topological polar surface area (TPSA) is 0 Å². The molecule has 0 saturated heterocycles. The summed E-state index contributed by atoms with van der Waals surface area (Å²) in [7, 11) is 0. The molecule has 0 heterocycles. The Bertz CT molecular complexity index is 569. The van der Waals surface area contributed by atoms with E-state index in [2.05, 4.69) is 31.2 Å². The maximum atomic E-state index is 13.2. The van der Waals surface area contributed by atoms with Crippen LogP contribution in [0.2, 0.25) is 0 Å². The Morgan fingerprint density at radius 1 is 1.05 bits per heavy atom. The lowest BCUT2D eigenvalue weighted by molar-refractivity contribution is 0.572. The molecule has 98 valence electrons. The van der Waals surface area contributed by atoms with Crippen molar-refractivity contribution in [1.82, 2.24) is 0 Å². The molecule has 0 aromatic heterocycles. The third-order valence-corrected chi connectivity index (χ3v) is 4.26. The molecule has 0 aliphatic heterocycles. The third kappa shape index (κ3) is 2.56. The van der Waals surface area contributed by atoms with Gasteiger partial charge in [-0.3, -0.25) is 0 Å². The first-order valence-electron chi connectivity index (χ1n) is 7.12. The molecule has 0 fully saturated rings.